The van der Waals surface area contributed by atoms with Crippen LogP contribution in [0.4, 0.5) is 10.1 Å². The Morgan fingerprint density at radius 1 is 0.935 bits per heavy atom. The standard InChI is InChI=1S/C34H32FN7O3S/c1-46(44,45)33(36)22-11-21(12-24(35)13-22)31-27-16-30(40-28(27)9-10-38-31)32-26-15-20(7-8-29(26)41-42-32)23-14-25(18-37-17-23)39-34(43)19-5-3-2-4-6-19/h7-19,33,40H,2-6,36H2,1H3,(H,39,43)(H,41,42). The van der Waals surface area contributed by atoms with Gasteiger partial charge in [0.2, 0.25) is 5.91 Å². The number of halogens is 1. The van der Waals surface area contributed by atoms with Gasteiger partial charge in [-0.05, 0) is 72.5 Å². The largest absolute Gasteiger partial charge is 0.353 e. The number of amides is 1. The summed E-state index contributed by atoms with van der Waals surface area (Å²) in [5, 5.41) is 10.9. The van der Waals surface area contributed by atoms with Crippen molar-refractivity contribution in [2.24, 2.45) is 11.7 Å². The first-order chi connectivity index (χ1) is 22.1. The quantitative estimate of drug-likeness (QED) is 0.156. The molecule has 1 saturated carbocycles. The summed E-state index contributed by atoms with van der Waals surface area (Å²) in [6.07, 6.45) is 11.3. The highest BCUT2D eigenvalue weighted by molar-refractivity contribution is 7.90. The predicted octanol–water partition coefficient (Wildman–Crippen LogP) is 6.50. The van der Waals surface area contributed by atoms with Crippen LogP contribution < -0.4 is 11.1 Å². The Balaban J connectivity index is 1.23. The fourth-order valence-corrected chi connectivity index (χ4v) is 6.88. The van der Waals surface area contributed by atoms with Crippen LogP contribution in [0.25, 0.3) is 55.6 Å². The minimum absolute atomic E-state index is 0.0438. The number of H-pyrrole nitrogens is 2. The number of nitrogens with zero attached hydrogens (tertiary/aromatic N) is 3. The zero-order chi connectivity index (χ0) is 32.0. The van der Waals surface area contributed by atoms with Crippen molar-refractivity contribution < 1.29 is 17.6 Å². The monoisotopic (exact) mass is 637 g/mol. The van der Waals surface area contributed by atoms with Crippen LogP contribution in [0.5, 0.6) is 0 Å². The molecule has 1 aliphatic rings. The van der Waals surface area contributed by atoms with Crippen molar-refractivity contribution in [3.8, 4) is 33.8 Å². The molecular weight excluding hydrogens is 605 g/mol. The van der Waals surface area contributed by atoms with E-state index in [1.165, 1.54) is 12.5 Å². The molecule has 12 heteroatoms. The lowest BCUT2D eigenvalue weighted by Gasteiger charge is -2.20. The van der Waals surface area contributed by atoms with Crippen molar-refractivity contribution in [2.75, 3.05) is 11.6 Å². The van der Waals surface area contributed by atoms with E-state index in [0.717, 1.165) is 65.6 Å². The number of benzene rings is 2. The van der Waals surface area contributed by atoms with Gasteiger partial charge in [-0.3, -0.25) is 19.9 Å². The molecule has 6 aromatic rings. The fraction of sp³-hybridized carbons (Fsp3) is 0.235. The zero-order valence-corrected chi connectivity index (χ0v) is 25.9. The molecule has 0 bridgehead atoms. The minimum Gasteiger partial charge on any atom is -0.353 e. The molecule has 4 heterocycles. The van der Waals surface area contributed by atoms with Crippen LogP contribution in [0.1, 0.15) is 43.0 Å². The zero-order valence-electron chi connectivity index (χ0n) is 25.0. The summed E-state index contributed by atoms with van der Waals surface area (Å²) in [6, 6.07) is 15.6. The smallest absolute Gasteiger partial charge is 0.227 e. The molecule has 10 nitrogen and oxygen atoms in total. The topological polar surface area (TPSA) is 160 Å². The predicted molar refractivity (Wildman–Crippen MR) is 177 cm³/mol. The van der Waals surface area contributed by atoms with E-state index >= 15 is 0 Å². The Bertz CT molecular complexity index is 2220. The van der Waals surface area contributed by atoms with Gasteiger partial charge in [0.15, 0.2) is 9.84 Å². The van der Waals surface area contributed by atoms with Gasteiger partial charge in [-0.15, -0.1) is 0 Å². The number of hydrogen-bond donors (Lipinski definition) is 4. The van der Waals surface area contributed by atoms with Gasteiger partial charge < -0.3 is 16.0 Å². The summed E-state index contributed by atoms with van der Waals surface area (Å²) < 4.78 is 38.9. The van der Waals surface area contributed by atoms with Gasteiger partial charge >= 0.3 is 0 Å². The molecule has 7 rings (SSSR count). The number of pyridine rings is 2. The molecule has 4 aromatic heterocycles. The molecular formula is C34H32FN7O3S. The molecule has 2 aromatic carbocycles. The molecule has 1 fully saturated rings. The number of rotatable bonds is 7. The normalized spacial score (nSPS) is 14.9. The van der Waals surface area contributed by atoms with Crippen molar-refractivity contribution in [1.82, 2.24) is 25.1 Å². The molecule has 1 amide bonds. The molecule has 0 saturated heterocycles. The van der Waals surface area contributed by atoms with E-state index < -0.39 is 21.0 Å². The molecule has 0 spiro atoms. The highest BCUT2D eigenvalue weighted by atomic mass is 32.2. The van der Waals surface area contributed by atoms with Crippen molar-refractivity contribution in [3.63, 3.8) is 0 Å². The first-order valence-electron chi connectivity index (χ1n) is 15.1. The molecule has 5 N–H and O–H groups in total. The maximum atomic E-state index is 14.7. The van der Waals surface area contributed by atoms with Crippen LogP contribution in [0.15, 0.2) is 73.2 Å². The molecule has 1 aliphatic carbocycles. The van der Waals surface area contributed by atoms with E-state index in [2.05, 4.69) is 30.5 Å². The van der Waals surface area contributed by atoms with E-state index in [0.29, 0.717) is 33.7 Å². The van der Waals surface area contributed by atoms with Crippen LogP contribution in [-0.4, -0.2) is 45.7 Å². The first kappa shape index (κ1) is 29.8. The third-order valence-electron chi connectivity index (χ3n) is 8.66. The number of anilines is 1. The van der Waals surface area contributed by atoms with Crippen molar-refractivity contribution >= 4 is 43.2 Å². The maximum Gasteiger partial charge on any atom is 0.227 e. The first-order valence-corrected chi connectivity index (χ1v) is 17.1. The lowest BCUT2D eigenvalue weighted by Crippen LogP contribution is -2.24. The summed E-state index contributed by atoms with van der Waals surface area (Å²) in [4.78, 5) is 25.1. The number of sulfone groups is 1. The second-order valence-electron chi connectivity index (χ2n) is 11.9. The minimum atomic E-state index is -3.65. The van der Waals surface area contributed by atoms with Crippen molar-refractivity contribution in [3.05, 3.63) is 84.6 Å². The average Bonchev–Trinajstić information content (AvgIpc) is 3.68. The number of fused-ring (bicyclic) bond motifs is 2. The molecule has 234 valence electrons. The average molecular weight is 638 g/mol. The number of carbonyl (C=O) groups excluding carboxylic acids is 1. The summed E-state index contributed by atoms with van der Waals surface area (Å²) in [7, 11) is -3.65. The van der Waals surface area contributed by atoms with Crippen LogP contribution in [0.2, 0.25) is 0 Å². The second-order valence-corrected chi connectivity index (χ2v) is 14.1. The third-order valence-corrected chi connectivity index (χ3v) is 9.86. The van der Waals surface area contributed by atoms with Gasteiger partial charge in [0, 0.05) is 52.0 Å². The summed E-state index contributed by atoms with van der Waals surface area (Å²) in [5.74, 6) is -0.520. The van der Waals surface area contributed by atoms with Gasteiger partial charge in [0.1, 0.15) is 16.9 Å². The van der Waals surface area contributed by atoms with Gasteiger partial charge in [-0.2, -0.15) is 5.10 Å². The summed E-state index contributed by atoms with van der Waals surface area (Å²) in [5.41, 5.74) is 12.3. The van der Waals surface area contributed by atoms with Gasteiger partial charge in [-0.25, -0.2) is 12.8 Å². The number of carbonyl (C=O) groups is 1. The lowest BCUT2D eigenvalue weighted by atomic mass is 9.88. The third kappa shape index (κ3) is 5.77. The van der Waals surface area contributed by atoms with Crippen LogP contribution in [0, 0.1) is 11.7 Å². The van der Waals surface area contributed by atoms with Crippen molar-refractivity contribution in [2.45, 2.75) is 37.5 Å². The van der Waals surface area contributed by atoms with Gasteiger partial charge in [0.25, 0.3) is 0 Å². The van der Waals surface area contributed by atoms with Crippen LogP contribution in [0.3, 0.4) is 0 Å². The number of aromatic amines is 2. The maximum absolute atomic E-state index is 14.7. The molecule has 1 atom stereocenters. The Kier molecular flexibility index (Phi) is 7.61. The Labute approximate surface area is 264 Å². The van der Waals surface area contributed by atoms with E-state index in [1.807, 2.05) is 36.4 Å². The second kappa shape index (κ2) is 11.8. The Morgan fingerprint density at radius 2 is 1.74 bits per heavy atom. The molecule has 0 radical (unpaired) electrons. The summed E-state index contributed by atoms with van der Waals surface area (Å²) in [6.45, 7) is 0. The Hall–Kier alpha value is -4.94. The van der Waals surface area contributed by atoms with Crippen molar-refractivity contribution in [1.29, 1.82) is 0 Å². The van der Waals surface area contributed by atoms with E-state index in [1.54, 1.807) is 24.7 Å². The van der Waals surface area contributed by atoms with Gasteiger partial charge in [0.05, 0.1) is 28.8 Å². The van der Waals surface area contributed by atoms with E-state index in [-0.39, 0.29) is 17.4 Å². The molecule has 1 unspecified atom stereocenters. The van der Waals surface area contributed by atoms with Gasteiger partial charge in [-0.1, -0.05) is 25.3 Å². The number of aromatic nitrogens is 5. The number of nitrogens with two attached hydrogens (primary N) is 1. The lowest BCUT2D eigenvalue weighted by molar-refractivity contribution is -0.120. The number of nitrogens with one attached hydrogen (secondary N) is 3. The van der Waals surface area contributed by atoms with Crippen LogP contribution in [-0.2, 0) is 14.6 Å². The van der Waals surface area contributed by atoms with E-state index in [9.17, 15) is 17.6 Å². The fourth-order valence-electron chi connectivity index (χ4n) is 6.25. The number of hydrogen-bond acceptors (Lipinski definition) is 7. The summed E-state index contributed by atoms with van der Waals surface area (Å²) >= 11 is 0. The highest BCUT2D eigenvalue weighted by Crippen LogP contribution is 2.36. The molecule has 46 heavy (non-hydrogen) atoms. The molecule has 0 aliphatic heterocycles. The van der Waals surface area contributed by atoms with E-state index in [4.69, 9.17) is 5.73 Å². The SMILES string of the molecule is CS(=O)(=O)C(N)c1cc(F)cc(-c2nccc3[nH]c(-c4n[nH]c5ccc(-c6cncc(NC(=O)C7CCCCC7)c6)cc45)cc23)c1. The Morgan fingerprint density at radius 3 is 2.54 bits per heavy atom. The highest BCUT2D eigenvalue weighted by Gasteiger charge is 2.23. The van der Waals surface area contributed by atoms with Crippen LogP contribution >= 0.6 is 0 Å².